The molecule has 0 amide bonds. The lowest BCUT2D eigenvalue weighted by atomic mass is 10.3. The Morgan fingerprint density at radius 1 is 1.25 bits per heavy atom. The van der Waals surface area contributed by atoms with Crippen LogP contribution in [0.25, 0.3) is 0 Å². The lowest BCUT2D eigenvalue weighted by Crippen LogP contribution is -1.78. The van der Waals surface area contributed by atoms with Gasteiger partial charge in [-0.1, -0.05) is 15.9 Å². The van der Waals surface area contributed by atoms with Gasteiger partial charge in [0.1, 0.15) is 0 Å². The van der Waals surface area contributed by atoms with Gasteiger partial charge in [0.2, 0.25) is 5.95 Å². The average Bonchev–Trinajstić information content (AvgIpc) is 2.76. The standard InChI is InChI=1S/C10H9BrN4O/c11-7-1-3-8(4-2-7)14-15-10-12-5-9(6-16)13-10/h1-5,16H,6H2,(H,12,13). The van der Waals surface area contributed by atoms with Gasteiger partial charge in [-0.05, 0) is 24.3 Å². The van der Waals surface area contributed by atoms with Crippen LogP contribution >= 0.6 is 15.9 Å². The molecule has 5 nitrogen and oxygen atoms in total. The van der Waals surface area contributed by atoms with Gasteiger partial charge in [-0.3, -0.25) is 0 Å². The molecule has 0 atom stereocenters. The maximum Gasteiger partial charge on any atom is 0.247 e. The van der Waals surface area contributed by atoms with E-state index in [9.17, 15) is 0 Å². The predicted molar refractivity (Wildman–Crippen MR) is 62.8 cm³/mol. The molecule has 0 saturated carbocycles. The zero-order valence-electron chi connectivity index (χ0n) is 8.26. The van der Waals surface area contributed by atoms with Crippen LogP contribution in [0.1, 0.15) is 5.69 Å². The molecule has 82 valence electrons. The first kappa shape index (κ1) is 11.0. The summed E-state index contributed by atoms with van der Waals surface area (Å²) in [5.41, 5.74) is 1.36. The Labute approximate surface area is 100 Å². The van der Waals surface area contributed by atoms with Crippen molar-refractivity contribution in [3.05, 3.63) is 40.6 Å². The lowest BCUT2D eigenvalue weighted by molar-refractivity contribution is 0.277. The van der Waals surface area contributed by atoms with E-state index in [1.807, 2.05) is 24.3 Å². The largest absolute Gasteiger partial charge is 0.390 e. The lowest BCUT2D eigenvalue weighted by Gasteiger charge is -1.91. The molecule has 1 aromatic heterocycles. The summed E-state index contributed by atoms with van der Waals surface area (Å²) in [5, 5.41) is 16.7. The van der Waals surface area contributed by atoms with Gasteiger partial charge in [0.25, 0.3) is 0 Å². The highest BCUT2D eigenvalue weighted by atomic mass is 79.9. The van der Waals surface area contributed by atoms with E-state index in [-0.39, 0.29) is 6.61 Å². The molecule has 0 aliphatic heterocycles. The first-order valence-corrected chi connectivity index (χ1v) is 5.39. The molecule has 0 saturated heterocycles. The molecular formula is C10H9BrN4O. The summed E-state index contributed by atoms with van der Waals surface area (Å²) in [4.78, 5) is 6.75. The minimum absolute atomic E-state index is 0.0825. The van der Waals surface area contributed by atoms with Crippen LogP contribution in [0.3, 0.4) is 0 Å². The van der Waals surface area contributed by atoms with Gasteiger partial charge in [0.15, 0.2) is 0 Å². The second-order valence-corrected chi connectivity index (χ2v) is 3.98. The van der Waals surface area contributed by atoms with Crippen LogP contribution in [0.2, 0.25) is 0 Å². The molecule has 6 heteroatoms. The number of aliphatic hydroxyl groups excluding tert-OH is 1. The summed E-state index contributed by atoms with van der Waals surface area (Å²) < 4.78 is 0.993. The molecule has 1 aromatic carbocycles. The Kier molecular flexibility index (Phi) is 3.43. The Morgan fingerprint density at radius 2 is 2.00 bits per heavy atom. The van der Waals surface area contributed by atoms with Crippen molar-refractivity contribution >= 4 is 27.6 Å². The van der Waals surface area contributed by atoms with E-state index in [0.29, 0.717) is 11.6 Å². The number of aromatic amines is 1. The van der Waals surface area contributed by atoms with Crippen LogP contribution in [-0.4, -0.2) is 15.1 Å². The fraction of sp³-hybridized carbons (Fsp3) is 0.100. The highest BCUT2D eigenvalue weighted by Crippen LogP contribution is 2.18. The van der Waals surface area contributed by atoms with Gasteiger partial charge in [-0.2, -0.15) is 0 Å². The number of nitrogens with zero attached hydrogens (tertiary/aromatic N) is 3. The molecule has 0 spiro atoms. The third-order valence-corrected chi connectivity index (χ3v) is 2.40. The number of hydrogen-bond donors (Lipinski definition) is 2. The summed E-state index contributed by atoms with van der Waals surface area (Å²) in [7, 11) is 0. The van der Waals surface area contributed by atoms with Gasteiger partial charge < -0.3 is 10.1 Å². The smallest absolute Gasteiger partial charge is 0.247 e. The minimum atomic E-state index is -0.0825. The highest BCUT2D eigenvalue weighted by molar-refractivity contribution is 9.10. The fourth-order valence-corrected chi connectivity index (χ4v) is 1.36. The molecule has 16 heavy (non-hydrogen) atoms. The van der Waals surface area contributed by atoms with Crippen molar-refractivity contribution in [2.24, 2.45) is 10.2 Å². The predicted octanol–water partition coefficient (Wildman–Crippen LogP) is 3.08. The third-order valence-electron chi connectivity index (χ3n) is 1.87. The number of aliphatic hydroxyl groups is 1. The Balaban J connectivity index is 2.11. The molecule has 0 aliphatic carbocycles. The maximum absolute atomic E-state index is 8.82. The number of aromatic nitrogens is 2. The maximum atomic E-state index is 8.82. The molecule has 2 rings (SSSR count). The third kappa shape index (κ3) is 2.74. The number of azo groups is 1. The van der Waals surface area contributed by atoms with Crippen LogP contribution in [0, 0.1) is 0 Å². The number of imidazole rings is 1. The van der Waals surface area contributed by atoms with Crippen molar-refractivity contribution in [3.8, 4) is 0 Å². The molecule has 2 N–H and O–H groups in total. The van der Waals surface area contributed by atoms with Crippen molar-refractivity contribution in [2.75, 3.05) is 0 Å². The quantitative estimate of drug-likeness (QED) is 0.848. The number of benzene rings is 1. The van der Waals surface area contributed by atoms with Crippen LogP contribution in [-0.2, 0) is 6.61 Å². The van der Waals surface area contributed by atoms with Crippen molar-refractivity contribution in [1.82, 2.24) is 9.97 Å². The molecule has 2 aromatic rings. The van der Waals surface area contributed by atoms with Gasteiger partial charge in [-0.15, -0.1) is 10.2 Å². The molecule has 1 heterocycles. The summed E-state index contributed by atoms with van der Waals surface area (Å²) in [6.07, 6.45) is 1.52. The number of nitrogens with one attached hydrogen (secondary N) is 1. The molecule has 0 fully saturated rings. The molecule has 0 aliphatic rings. The van der Waals surface area contributed by atoms with Crippen LogP contribution in [0.4, 0.5) is 11.6 Å². The molecule has 0 bridgehead atoms. The van der Waals surface area contributed by atoms with E-state index < -0.39 is 0 Å². The number of hydrogen-bond acceptors (Lipinski definition) is 4. The first-order chi connectivity index (χ1) is 7.78. The van der Waals surface area contributed by atoms with Gasteiger partial charge in [-0.25, -0.2) is 4.98 Å². The highest BCUT2D eigenvalue weighted by Gasteiger charge is 1.97. The van der Waals surface area contributed by atoms with E-state index in [1.54, 1.807) is 0 Å². The summed E-state index contributed by atoms with van der Waals surface area (Å²) in [5.74, 6) is 0.381. The van der Waals surface area contributed by atoms with Crippen LogP contribution < -0.4 is 0 Å². The minimum Gasteiger partial charge on any atom is -0.390 e. The van der Waals surface area contributed by atoms with Crippen molar-refractivity contribution < 1.29 is 5.11 Å². The summed E-state index contributed by atoms with van der Waals surface area (Å²) >= 11 is 3.34. The Bertz CT molecular complexity index is 492. The second kappa shape index (κ2) is 5.00. The van der Waals surface area contributed by atoms with E-state index in [0.717, 1.165) is 10.2 Å². The zero-order valence-corrected chi connectivity index (χ0v) is 9.85. The van der Waals surface area contributed by atoms with Crippen molar-refractivity contribution in [3.63, 3.8) is 0 Å². The molecule has 0 unspecified atom stereocenters. The number of halogens is 1. The monoisotopic (exact) mass is 280 g/mol. The summed E-state index contributed by atoms with van der Waals surface area (Å²) in [6.45, 7) is -0.0825. The average molecular weight is 281 g/mol. The normalized spacial score (nSPS) is 11.1. The zero-order chi connectivity index (χ0) is 11.4. The van der Waals surface area contributed by atoms with Crippen LogP contribution in [0.5, 0.6) is 0 Å². The van der Waals surface area contributed by atoms with Crippen molar-refractivity contribution in [1.29, 1.82) is 0 Å². The Hall–Kier alpha value is -1.53. The Morgan fingerprint density at radius 3 is 2.62 bits per heavy atom. The van der Waals surface area contributed by atoms with E-state index in [2.05, 4.69) is 36.1 Å². The van der Waals surface area contributed by atoms with Gasteiger partial charge in [0, 0.05) is 4.47 Å². The van der Waals surface area contributed by atoms with Crippen molar-refractivity contribution in [2.45, 2.75) is 6.61 Å². The fourth-order valence-electron chi connectivity index (χ4n) is 1.09. The van der Waals surface area contributed by atoms with E-state index in [4.69, 9.17) is 5.11 Å². The first-order valence-electron chi connectivity index (χ1n) is 4.60. The van der Waals surface area contributed by atoms with Crippen LogP contribution in [0.15, 0.2) is 45.2 Å². The number of H-pyrrole nitrogens is 1. The topological polar surface area (TPSA) is 73.6 Å². The molecular weight excluding hydrogens is 272 g/mol. The van der Waals surface area contributed by atoms with Gasteiger partial charge in [0.05, 0.1) is 24.2 Å². The SMILES string of the molecule is OCc1cnc(N=Nc2ccc(Br)cc2)[nH]1. The van der Waals surface area contributed by atoms with Gasteiger partial charge >= 0.3 is 0 Å². The van der Waals surface area contributed by atoms with E-state index in [1.165, 1.54) is 6.20 Å². The second-order valence-electron chi connectivity index (χ2n) is 3.07. The number of rotatable bonds is 3. The van der Waals surface area contributed by atoms with E-state index >= 15 is 0 Å². The summed E-state index contributed by atoms with van der Waals surface area (Å²) in [6, 6.07) is 7.44. The molecule has 0 radical (unpaired) electrons.